The van der Waals surface area contributed by atoms with Crippen LogP contribution in [0.4, 0.5) is 11.4 Å². The minimum Gasteiger partial charge on any atom is -0.478 e. The Balaban J connectivity index is 2.26. The van der Waals surface area contributed by atoms with Crippen molar-refractivity contribution in [2.75, 3.05) is 30.3 Å². The summed E-state index contributed by atoms with van der Waals surface area (Å²) >= 11 is 0. The lowest BCUT2D eigenvalue weighted by atomic mass is 10.0. The van der Waals surface area contributed by atoms with Crippen LogP contribution >= 0.6 is 0 Å². The van der Waals surface area contributed by atoms with Crippen molar-refractivity contribution in [2.45, 2.75) is 25.6 Å². The average molecular weight is 280 g/mol. The van der Waals surface area contributed by atoms with Gasteiger partial charge in [-0.25, -0.2) is 4.79 Å². The first kappa shape index (κ1) is 14.6. The number of aliphatic hydroxyl groups excluding tert-OH is 1. The largest absolute Gasteiger partial charge is 0.478 e. The number of aromatic carboxylic acids is 1. The van der Waals surface area contributed by atoms with E-state index in [1.165, 1.54) is 6.07 Å². The molecule has 1 aromatic carbocycles. The van der Waals surface area contributed by atoms with Crippen LogP contribution in [0.2, 0.25) is 0 Å². The molecule has 0 bridgehead atoms. The first-order valence-corrected chi connectivity index (χ1v) is 6.49. The number of morpholine rings is 1. The van der Waals surface area contributed by atoms with Crippen LogP contribution in [0.5, 0.6) is 0 Å². The van der Waals surface area contributed by atoms with Crippen molar-refractivity contribution < 1.29 is 19.7 Å². The number of hydrogen-bond donors (Lipinski definition) is 3. The fourth-order valence-electron chi connectivity index (χ4n) is 2.53. The smallest absolute Gasteiger partial charge is 0.337 e. The van der Waals surface area contributed by atoms with E-state index in [0.717, 1.165) is 5.69 Å². The number of carboxylic acid groups (broad SMARTS) is 1. The molecule has 1 fully saturated rings. The fraction of sp³-hybridized carbons (Fsp3) is 0.500. The van der Waals surface area contributed by atoms with E-state index in [0.29, 0.717) is 13.1 Å². The van der Waals surface area contributed by atoms with Crippen molar-refractivity contribution in [3.63, 3.8) is 0 Å². The molecular weight excluding hydrogens is 260 g/mol. The lowest BCUT2D eigenvalue weighted by Crippen LogP contribution is -2.54. The topological polar surface area (TPSA) is 96.0 Å². The van der Waals surface area contributed by atoms with Gasteiger partial charge in [0.2, 0.25) is 0 Å². The maximum Gasteiger partial charge on any atom is 0.337 e. The van der Waals surface area contributed by atoms with Gasteiger partial charge in [0, 0.05) is 24.5 Å². The molecule has 1 aromatic rings. The van der Waals surface area contributed by atoms with Gasteiger partial charge in [0.05, 0.1) is 23.9 Å². The zero-order valence-corrected chi connectivity index (χ0v) is 11.7. The summed E-state index contributed by atoms with van der Waals surface area (Å²) < 4.78 is 5.75. The number of aliphatic hydroxyl groups is 1. The van der Waals surface area contributed by atoms with E-state index in [4.69, 9.17) is 15.6 Å². The molecule has 6 heteroatoms. The predicted octanol–water partition coefficient (Wildman–Crippen LogP) is 0.943. The molecule has 1 unspecified atom stereocenters. The quantitative estimate of drug-likeness (QED) is 0.713. The second kappa shape index (κ2) is 5.30. The molecule has 1 aliphatic rings. The van der Waals surface area contributed by atoms with Crippen molar-refractivity contribution in [3.8, 4) is 0 Å². The van der Waals surface area contributed by atoms with E-state index < -0.39 is 5.97 Å². The average Bonchev–Trinajstić information content (AvgIpc) is 2.36. The molecular formula is C14H20N2O4. The van der Waals surface area contributed by atoms with Crippen LogP contribution in [0.3, 0.4) is 0 Å². The van der Waals surface area contributed by atoms with E-state index in [1.807, 2.05) is 18.7 Å². The van der Waals surface area contributed by atoms with Gasteiger partial charge in [-0.15, -0.1) is 0 Å². The third kappa shape index (κ3) is 3.02. The van der Waals surface area contributed by atoms with Gasteiger partial charge in [0.15, 0.2) is 0 Å². The number of carbonyl (C=O) groups is 1. The Morgan fingerprint density at radius 3 is 2.80 bits per heavy atom. The summed E-state index contributed by atoms with van der Waals surface area (Å²) in [7, 11) is 0. The van der Waals surface area contributed by atoms with Crippen molar-refractivity contribution in [2.24, 2.45) is 0 Å². The van der Waals surface area contributed by atoms with E-state index in [1.54, 1.807) is 12.1 Å². The Labute approximate surface area is 117 Å². The lowest BCUT2D eigenvalue weighted by Gasteiger charge is -2.43. The van der Waals surface area contributed by atoms with Crippen LogP contribution in [-0.2, 0) is 4.74 Å². The maximum atomic E-state index is 11.0. The molecule has 1 atom stereocenters. The van der Waals surface area contributed by atoms with Gasteiger partial charge in [-0.05, 0) is 32.0 Å². The predicted molar refractivity (Wildman–Crippen MR) is 76.1 cm³/mol. The van der Waals surface area contributed by atoms with Crippen molar-refractivity contribution in [1.82, 2.24) is 0 Å². The van der Waals surface area contributed by atoms with E-state index in [-0.39, 0.29) is 29.6 Å². The van der Waals surface area contributed by atoms with Crippen LogP contribution in [0.1, 0.15) is 24.2 Å². The lowest BCUT2D eigenvalue weighted by molar-refractivity contribution is -0.101. The van der Waals surface area contributed by atoms with Crippen LogP contribution in [0.15, 0.2) is 18.2 Å². The molecule has 6 nitrogen and oxygen atoms in total. The van der Waals surface area contributed by atoms with Gasteiger partial charge < -0.3 is 25.6 Å². The number of anilines is 2. The summed E-state index contributed by atoms with van der Waals surface area (Å²) in [5, 5.41) is 18.3. The van der Waals surface area contributed by atoms with Crippen molar-refractivity contribution in [1.29, 1.82) is 0 Å². The summed E-state index contributed by atoms with van der Waals surface area (Å²) in [6.45, 7) is 5.05. The second-order valence-electron chi connectivity index (χ2n) is 5.64. The molecule has 1 saturated heterocycles. The van der Waals surface area contributed by atoms with E-state index in [2.05, 4.69) is 0 Å². The molecule has 0 amide bonds. The van der Waals surface area contributed by atoms with Crippen LogP contribution in [0, 0.1) is 0 Å². The summed E-state index contributed by atoms with van der Waals surface area (Å²) in [5.74, 6) is -1.04. The second-order valence-corrected chi connectivity index (χ2v) is 5.64. The number of carboxylic acids is 1. The minimum atomic E-state index is -1.04. The Kier molecular flexibility index (Phi) is 3.87. The minimum absolute atomic E-state index is 0.0530. The number of ether oxygens (including phenoxy) is 1. The number of nitrogen functional groups attached to an aromatic ring is 1. The highest BCUT2D eigenvalue weighted by atomic mass is 16.5. The number of nitrogens with zero attached hydrogens (tertiary/aromatic N) is 1. The first-order chi connectivity index (χ1) is 9.32. The van der Waals surface area contributed by atoms with Gasteiger partial charge >= 0.3 is 5.97 Å². The fourth-order valence-corrected chi connectivity index (χ4v) is 2.53. The highest BCUT2D eigenvalue weighted by Crippen LogP contribution is 2.28. The van der Waals surface area contributed by atoms with Crippen LogP contribution in [-0.4, -0.2) is 47.6 Å². The van der Waals surface area contributed by atoms with Gasteiger partial charge in [-0.2, -0.15) is 0 Å². The molecule has 2 rings (SSSR count). The monoisotopic (exact) mass is 280 g/mol. The summed E-state index contributed by atoms with van der Waals surface area (Å²) in [5.41, 5.74) is 6.56. The third-order valence-corrected chi connectivity index (χ3v) is 3.32. The van der Waals surface area contributed by atoms with Crippen molar-refractivity contribution >= 4 is 17.3 Å². The zero-order valence-electron chi connectivity index (χ0n) is 11.7. The molecule has 110 valence electrons. The summed E-state index contributed by atoms with van der Waals surface area (Å²) in [6.07, 6.45) is -0.265. The first-order valence-electron chi connectivity index (χ1n) is 6.49. The normalized spacial score (nSPS) is 21.8. The number of hydrogen-bond acceptors (Lipinski definition) is 5. The Bertz CT molecular complexity index is 516. The Hall–Kier alpha value is -1.79. The van der Waals surface area contributed by atoms with Crippen LogP contribution in [0.25, 0.3) is 0 Å². The molecule has 1 aliphatic heterocycles. The highest BCUT2D eigenvalue weighted by molar-refractivity contribution is 5.94. The summed E-state index contributed by atoms with van der Waals surface area (Å²) in [6, 6.07) is 4.89. The zero-order chi connectivity index (χ0) is 14.9. The molecule has 0 spiro atoms. The number of nitrogens with two attached hydrogens (primary N) is 1. The number of rotatable bonds is 3. The summed E-state index contributed by atoms with van der Waals surface area (Å²) in [4.78, 5) is 13.0. The Morgan fingerprint density at radius 2 is 2.25 bits per heavy atom. The molecule has 4 N–H and O–H groups in total. The molecule has 0 radical (unpaired) electrons. The Morgan fingerprint density at radius 1 is 1.55 bits per heavy atom. The highest BCUT2D eigenvalue weighted by Gasteiger charge is 2.33. The van der Waals surface area contributed by atoms with E-state index in [9.17, 15) is 9.90 Å². The molecule has 1 heterocycles. The third-order valence-electron chi connectivity index (χ3n) is 3.32. The number of benzene rings is 1. The van der Waals surface area contributed by atoms with Gasteiger partial charge in [0.1, 0.15) is 0 Å². The van der Waals surface area contributed by atoms with Gasteiger partial charge in [-0.3, -0.25) is 0 Å². The van der Waals surface area contributed by atoms with Crippen LogP contribution < -0.4 is 10.6 Å². The SMILES string of the molecule is CC1(C)CN(c2ccc(C(=O)O)c(N)c2)CC(CO)O1. The molecule has 20 heavy (non-hydrogen) atoms. The van der Waals surface area contributed by atoms with Crippen molar-refractivity contribution in [3.05, 3.63) is 23.8 Å². The van der Waals surface area contributed by atoms with Gasteiger partial charge in [-0.1, -0.05) is 0 Å². The molecule has 0 aliphatic carbocycles. The van der Waals surface area contributed by atoms with E-state index >= 15 is 0 Å². The van der Waals surface area contributed by atoms with Gasteiger partial charge in [0.25, 0.3) is 0 Å². The standard InChI is InChI=1S/C14H20N2O4/c1-14(2)8-16(6-10(7-17)20-14)9-3-4-11(13(18)19)12(15)5-9/h3-5,10,17H,6-8,15H2,1-2H3,(H,18,19). The maximum absolute atomic E-state index is 11.0. The molecule has 0 aromatic heterocycles. The molecule has 0 saturated carbocycles.